The van der Waals surface area contributed by atoms with Crippen molar-refractivity contribution in [1.29, 1.82) is 0 Å². The van der Waals surface area contributed by atoms with E-state index in [4.69, 9.17) is 0 Å². The van der Waals surface area contributed by atoms with Crippen LogP contribution in [-0.2, 0) is 5.75 Å². The zero-order valence-electron chi connectivity index (χ0n) is 12.0. The summed E-state index contributed by atoms with van der Waals surface area (Å²) in [6, 6.07) is 11.4. The first-order chi connectivity index (χ1) is 10.3. The quantitative estimate of drug-likeness (QED) is 0.600. The van der Waals surface area contributed by atoms with E-state index in [2.05, 4.69) is 34.8 Å². The summed E-state index contributed by atoms with van der Waals surface area (Å²) < 4.78 is 3.26. The second-order valence-electron chi connectivity index (χ2n) is 4.48. The summed E-state index contributed by atoms with van der Waals surface area (Å²) in [4.78, 5) is 15.0. The number of hydrogen-bond acceptors (Lipinski definition) is 4. The fraction of sp³-hybridized carbons (Fsp3) is 0.176. The molecule has 2 aromatic rings. The molecule has 0 aliphatic rings. The molecule has 0 atom stereocenters. The van der Waals surface area contributed by atoms with Gasteiger partial charge in [-0.1, -0.05) is 25.1 Å². The Kier molecular flexibility index (Phi) is 6.03. The summed E-state index contributed by atoms with van der Waals surface area (Å²) in [5.74, 6) is 0.777. The van der Waals surface area contributed by atoms with Crippen LogP contribution in [0.3, 0.4) is 0 Å². The summed E-state index contributed by atoms with van der Waals surface area (Å²) in [6.45, 7) is 2.12. The molecule has 0 saturated carbocycles. The van der Waals surface area contributed by atoms with Crippen LogP contribution in [0.2, 0.25) is 0 Å². The molecule has 2 rings (SSSR count). The van der Waals surface area contributed by atoms with E-state index in [1.165, 1.54) is 0 Å². The van der Waals surface area contributed by atoms with E-state index in [0.29, 0.717) is 5.56 Å². The van der Waals surface area contributed by atoms with Crippen molar-refractivity contribution >= 4 is 30.0 Å². The Balaban J connectivity index is 1.93. The van der Waals surface area contributed by atoms with Crippen LogP contribution in [0.1, 0.15) is 35.0 Å². The minimum absolute atomic E-state index is 0.683. The summed E-state index contributed by atoms with van der Waals surface area (Å²) in [5.41, 5.74) is 3.88. The number of aromatic nitrogens is 1. The van der Waals surface area contributed by atoms with Crippen molar-refractivity contribution in [3.8, 4) is 0 Å². The standard InChI is InChI=1S/C17H18N2OS/c1-2-3-5-15-6-4-11-18-17(15)13-21-19-16-9-7-14(12-20)8-10-16/h3-12,19H,2,13H2,1H3/b5-3-. The number of rotatable bonds is 7. The molecule has 0 unspecified atom stereocenters. The molecular formula is C17H18N2OS. The number of hydrogen-bond donors (Lipinski definition) is 1. The number of pyridine rings is 1. The van der Waals surface area contributed by atoms with Crippen LogP contribution in [0.5, 0.6) is 0 Å². The average molecular weight is 298 g/mol. The number of anilines is 1. The Morgan fingerprint density at radius 1 is 1.24 bits per heavy atom. The van der Waals surface area contributed by atoms with Gasteiger partial charge < -0.3 is 4.72 Å². The minimum atomic E-state index is 0.683. The van der Waals surface area contributed by atoms with E-state index in [1.54, 1.807) is 24.1 Å². The van der Waals surface area contributed by atoms with E-state index in [-0.39, 0.29) is 0 Å². The first-order valence-electron chi connectivity index (χ1n) is 6.87. The molecule has 108 valence electrons. The molecule has 0 radical (unpaired) electrons. The molecule has 0 bridgehead atoms. The number of nitrogens with zero attached hydrogens (tertiary/aromatic N) is 1. The molecule has 21 heavy (non-hydrogen) atoms. The van der Waals surface area contributed by atoms with Gasteiger partial charge in [0, 0.05) is 17.4 Å². The van der Waals surface area contributed by atoms with E-state index in [9.17, 15) is 4.79 Å². The third-order valence-corrected chi connectivity index (χ3v) is 3.70. The van der Waals surface area contributed by atoms with E-state index < -0.39 is 0 Å². The zero-order chi connectivity index (χ0) is 14.9. The second kappa shape index (κ2) is 8.27. The normalized spacial score (nSPS) is 10.7. The highest BCUT2D eigenvalue weighted by Gasteiger charge is 2.01. The van der Waals surface area contributed by atoms with Crippen molar-refractivity contribution in [1.82, 2.24) is 4.98 Å². The Hall–Kier alpha value is -2.07. The molecule has 0 amide bonds. The van der Waals surface area contributed by atoms with Gasteiger partial charge in [-0.25, -0.2) is 0 Å². The Bertz CT molecular complexity index is 608. The number of carbonyl (C=O) groups excluding carboxylic acids is 1. The third kappa shape index (κ3) is 4.76. The van der Waals surface area contributed by atoms with Crippen LogP contribution >= 0.6 is 11.9 Å². The predicted octanol–water partition coefficient (Wildman–Crippen LogP) is 4.58. The monoisotopic (exact) mass is 298 g/mol. The predicted molar refractivity (Wildman–Crippen MR) is 90.3 cm³/mol. The van der Waals surface area contributed by atoms with Gasteiger partial charge >= 0.3 is 0 Å². The van der Waals surface area contributed by atoms with Gasteiger partial charge in [0.05, 0.1) is 11.4 Å². The first-order valence-corrected chi connectivity index (χ1v) is 7.85. The summed E-state index contributed by atoms with van der Waals surface area (Å²) in [6.07, 6.45) is 7.93. The molecule has 0 saturated heterocycles. The van der Waals surface area contributed by atoms with Crippen LogP contribution in [0.4, 0.5) is 5.69 Å². The molecule has 0 fully saturated rings. The van der Waals surface area contributed by atoms with Gasteiger partial charge in [-0.3, -0.25) is 9.78 Å². The van der Waals surface area contributed by atoms with Crippen molar-refractivity contribution in [2.45, 2.75) is 19.1 Å². The van der Waals surface area contributed by atoms with Gasteiger partial charge in [-0.15, -0.1) is 0 Å². The molecular weight excluding hydrogens is 280 g/mol. The van der Waals surface area contributed by atoms with Gasteiger partial charge in [0.1, 0.15) is 6.29 Å². The molecule has 1 N–H and O–H groups in total. The van der Waals surface area contributed by atoms with Crippen molar-refractivity contribution in [3.63, 3.8) is 0 Å². The lowest BCUT2D eigenvalue weighted by molar-refractivity contribution is 0.112. The summed E-state index contributed by atoms with van der Waals surface area (Å²) in [7, 11) is 0. The van der Waals surface area contributed by atoms with Crippen LogP contribution in [0.25, 0.3) is 6.08 Å². The van der Waals surface area contributed by atoms with E-state index in [1.807, 2.05) is 24.4 Å². The minimum Gasteiger partial charge on any atom is -0.329 e. The summed E-state index contributed by atoms with van der Waals surface area (Å²) in [5, 5.41) is 0. The van der Waals surface area contributed by atoms with E-state index >= 15 is 0 Å². The lowest BCUT2D eigenvalue weighted by atomic mass is 10.2. The molecule has 0 aliphatic carbocycles. The fourth-order valence-corrected chi connectivity index (χ4v) is 2.54. The number of benzene rings is 1. The van der Waals surface area contributed by atoms with Crippen LogP contribution in [0.15, 0.2) is 48.7 Å². The second-order valence-corrected chi connectivity index (χ2v) is 5.26. The van der Waals surface area contributed by atoms with Gasteiger partial charge in [-0.05, 0) is 54.3 Å². The highest BCUT2D eigenvalue weighted by atomic mass is 32.2. The fourth-order valence-electron chi connectivity index (χ4n) is 1.79. The smallest absolute Gasteiger partial charge is 0.150 e. The van der Waals surface area contributed by atoms with Gasteiger partial charge in [0.15, 0.2) is 0 Å². The number of allylic oxidation sites excluding steroid dienone is 1. The average Bonchev–Trinajstić information content (AvgIpc) is 2.54. The lowest BCUT2D eigenvalue weighted by Crippen LogP contribution is -1.94. The number of aldehydes is 1. The molecule has 4 heteroatoms. The van der Waals surface area contributed by atoms with Crippen molar-refractivity contribution in [2.24, 2.45) is 0 Å². The van der Waals surface area contributed by atoms with E-state index in [0.717, 1.165) is 35.4 Å². The number of carbonyl (C=O) groups is 1. The highest BCUT2D eigenvalue weighted by Crippen LogP contribution is 2.19. The maximum Gasteiger partial charge on any atom is 0.150 e. The van der Waals surface area contributed by atoms with Crippen LogP contribution < -0.4 is 4.72 Å². The summed E-state index contributed by atoms with van der Waals surface area (Å²) >= 11 is 1.59. The molecule has 0 spiro atoms. The maximum absolute atomic E-state index is 10.6. The largest absolute Gasteiger partial charge is 0.329 e. The number of nitrogens with one attached hydrogen (secondary N) is 1. The first kappa shape index (κ1) is 15.3. The van der Waals surface area contributed by atoms with Crippen molar-refractivity contribution in [3.05, 3.63) is 65.5 Å². The van der Waals surface area contributed by atoms with Gasteiger partial charge in [0.25, 0.3) is 0 Å². The van der Waals surface area contributed by atoms with Crippen LogP contribution in [0, 0.1) is 0 Å². The molecule has 0 aliphatic heterocycles. The van der Waals surface area contributed by atoms with Crippen molar-refractivity contribution < 1.29 is 4.79 Å². The zero-order valence-corrected chi connectivity index (χ0v) is 12.8. The maximum atomic E-state index is 10.6. The Morgan fingerprint density at radius 2 is 2.05 bits per heavy atom. The molecule has 1 heterocycles. The Morgan fingerprint density at radius 3 is 2.76 bits per heavy atom. The molecule has 1 aromatic carbocycles. The SMILES string of the molecule is CC/C=C\c1cccnc1CSNc1ccc(C=O)cc1. The van der Waals surface area contributed by atoms with Crippen LogP contribution in [-0.4, -0.2) is 11.3 Å². The topological polar surface area (TPSA) is 42.0 Å². The Labute approximate surface area is 129 Å². The molecule has 3 nitrogen and oxygen atoms in total. The highest BCUT2D eigenvalue weighted by molar-refractivity contribution is 7.99. The molecule has 1 aromatic heterocycles. The van der Waals surface area contributed by atoms with Crippen molar-refractivity contribution in [2.75, 3.05) is 4.72 Å². The lowest BCUT2D eigenvalue weighted by Gasteiger charge is -2.07. The third-order valence-electron chi connectivity index (χ3n) is 2.90. The van der Waals surface area contributed by atoms with Gasteiger partial charge in [-0.2, -0.15) is 0 Å². The van der Waals surface area contributed by atoms with Gasteiger partial charge in [0.2, 0.25) is 0 Å².